The van der Waals surface area contributed by atoms with E-state index in [0.29, 0.717) is 12.8 Å². The molecule has 0 aliphatic carbocycles. The van der Waals surface area contributed by atoms with Crippen molar-refractivity contribution in [3.63, 3.8) is 0 Å². The van der Waals surface area contributed by atoms with E-state index >= 15 is 0 Å². The van der Waals surface area contributed by atoms with Gasteiger partial charge in [-0.15, -0.1) is 0 Å². The van der Waals surface area contributed by atoms with E-state index in [-0.39, 0.29) is 24.9 Å². The molecule has 4 N–H and O–H groups in total. The maximum atomic E-state index is 12.5. The number of hydrogen-bond donors (Lipinski definition) is 4. The molecule has 11 nitrogen and oxygen atoms in total. The second kappa shape index (κ2) is 14.3. The van der Waals surface area contributed by atoms with Gasteiger partial charge in [0.05, 0.1) is 20.2 Å². The summed E-state index contributed by atoms with van der Waals surface area (Å²) in [6, 6.07) is -1.69. The zero-order valence-corrected chi connectivity index (χ0v) is 21.0. The van der Waals surface area contributed by atoms with Crippen LogP contribution in [0, 0.1) is 11.8 Å². The van der Waals surface area contributed by atoms with Crippen molar-refractivity contribution >= 4 is 29.8 Å². The Bertz CT molecular complexity index is 687. The molecule has 0 fully saturated rings. The van der Waals surface area contributed by atoms with Crippen LogP contribution in [-0.4, -0.2) is 67.7 Å². The summed E-state index contributed by atoms with van der Waals surface area (Å²) in [7, 11) is 1.23. The van der Waals surface area contributed by atoms with Crippen LogP contribution in [0.25, 0.3) is 0 Å². The molecule has 0 rings (SSSR count). The minimum Gasteiger partial charge on any atom is -0.467 e. The summed E-state index contributed by atoms with van der Waals surface area (Å²) in [6.07, 6.45) is 0.00968. The minimum absolute atomic E-state index is 0.0989. The predicted molar refractivity (Wildman–Crippen MR) is 122 cm³/mol. The summed E-state index contributed by atoms with van der Waals surface area (Å²) in [6.45, 7) is 12.0. The molecule has 0 aromatic rings. The molecule has 190 valence electrons. The monoisotopic (exact) mass is 472 g/mol. The summed E-state index contributed by atoms with van der Waals surface area (Å²) in [5.74, 6) is -2.03. The molecule has 11 heteroatoms. The third-order valence-electron chi connectivity index (χ3n) is 4.11. The number of ether oxygens (including phenoxy) is 2. The van der Waals surface area contributed by atoms with Gasteiger partial charge in [-0.25, -0.2) is 9.59 Å². The van der Waals surface area contributed by atoms with Gasteiger partial charge in [0.15, 0.2) is 0 Å². The fourth-order valence-corrected chi connectivity index (χ4v) is 2.76. The van der Waals surface area contributed by atoms with Crippen LogP contribution in [0.1, 0.15) is 61.3 Å². The SMILES string of the molecule is COC(=O)[C@H](CC(C)C)NC(=O)CNC(=O)CNC(=O)[C@H](CC(C)C)NC(=O)OC(C)(C)C. The number of methoxy groups -OCH3 is 1. The Morgan fingerprint density at radius 1 is 0.758 bits per heavy atom. The molecule has 0 heterocycles. The molecule has 4 amide bonds. The Morgan fingerprint density at radius 2 is 1.27 bits per heavy atom. The molecule has 2 atom stereocenters. The predicted octanol–water partition coefficient (Wildman–Crippen LogP) is 0.862. The van der Waals surface area contributed by atoms with Gasteiger partial charge in [-0.1, -0.05) is 27.7 Å². The molecule has 0 aromatic carbocycles. The Kier molecular flexibility index (Phi) is 13.1. The summed E-state index contributed by atoms with van der Waals surface area (Å²) in [5, 5.41) is 9.86. The van der Waals surface area contributed by atoms with Gasteiger partial charge in [0, 0.05) is 0 Å². The van der Waals surface area contributed by atoms with E-state index in [0.717, 1.165) is 0 Å². The lowest BCUT2D eigenvalue weighted by atomic mass is 10.0. The van der Waals surface area contributed by atoms with Gasteiger partial charge in [0.2, 0.25) is 17.7 Å². The summed E-state index contributed by atoms with van der Waals surface area (Å²) in [4.78, 5) is 60.4. The van der Waals surface area contributed by atoms with Crippen molar-refractivity contribution < 1.29 is 33.4 Å². The largest absolute Gasteiger partial charge is 0.467 e. The fourth-order valence-electron chi connectivity index (χ4n) is 2.76. The number of hydrogen-bond acceptors (Lipinski definition) is 7. The van der Waals surface area contributed by atoms with Gasteiger partial charge in [-0.3, -0.25) is 14.4 Å². The lowest BCUT2D eigenvalue weighted by Gasteiger charge is -2.24. The Hall–Kier alpha value is -2.85. The highest BCUT2D eigenvalue weighted by Gasteiger charge is 2.26. The topological polar surface area (TPSA) is 152 Å². The Labute approximate surface area is 196 Å². The molecule has 0 unspecified atom stereocenters. The quantitative estimate of drug-likeness (QED) is 0.307. The van der Waals surface area contributed by atoms with Crippen LogP contribution in [0.5, 0.6) is 0 Å². The van der Waals surface area contributed by atoms with E-state index in [1.165, 1.54) is 7.11 Å². The third kappa shape index (κ3) is 14.8. The van der Waals surface area contributed by atoms with Crippen LogP contribution in [0.4, 0.5) is 4.79 Å². The van der Waals surface area contributed by atoms with Crippen LogP contribution >= 0.6 is 0 Å². The van der Waals surface area contributed by atoms with Crippen molar-refractivity contribution in [2.75, 3.05) is 20.2 Å². The normalized spacial score (nSPS) is 13.0. The fraction of sp³-hybridized carbons (Fsp3) is 0.773. The van der Waals surface area contributed by atoms with Gasteiger partial charge < -0.3 is 30.7 Å². The maximum absolute atomic E-state index is 12.5. The van der Waals surface area contributed by atoms with Crippen LogP contribution in [0.3, 0.4) is 0 Å². The van der Waals surface area contributed by atoms with Crippen LogP contribution < -0.4 is 21.3 Å². The number of rotatable bonds is 12. The highest BCUT2D eigenvalue weighted by atomic mass is 16.6. The summed E-state index contributed by atoms with van der Waals surface area (Å²) >= 11 is 0. The Morgan fingerprint density at radius 3 is 1.76 bits per heavy atom. The number of alkyl carbamates (subject to hydrolysis) is 1. The maximum Gasteiger partial charge on any atom is 0.408 e. The zero-order valence-electron chi connectivity index (χ0n) is 21.0. The molecule has 0 aliphatic rings. The number of carbonyl (C=O) groups is 5. The smallest absolute Gasteiger partial charge is 0.408 e. The van der Waals surface area contributed by atoms with Gasteiger partial charge in [0.1, 0.15) is 17.7 Å². The van der Waals surface area contributed by atoms with E-state index in [2.05, 4.69) is 26.0 Å². The van der Waals surface area contributed by atoms with Crippen molar-refractivity contribution in [3.8, 4) is 0 Å². The van der Waals surface area contributed by atoms with Gasteiger partial charge in [-0.05, 0) is 45.4 Å². The molecule has 0 bridgehead atoms. The Balaban J connectivity index is 4.68. The highest BCUT2D eigenvalue weighted by Crippen LogP contribution is 2.09. The first-order chi connectivity index (χ1) is 15.1. The molecule has 0 saturated heterocycles. The molecular formula is C22H40N4O7. The van der Waals surface area contributed by atoms with Crippen molar-refractivity contribution in [1.82, 2.24) is 21.3 Å². The standard InChI is InChI=1S/C22H40N4O7/c1-13(2)9-15(26-21(31)33-22(5,6)7)19(29)24-11-17(27)23-12-18(28)25-16(10-14(3)4)20(30)32-8/h13-16H,9-12H2,1-8H3,(H,23,27)(H,24,29)(H,25,28)(H,26,31)/t15-,16-/m0/s1. The molecule has 0 saturated carbocycles. The van der Waals surface area contributed by atoms with Crippen molar-refractivity contribution in [2.45, 2.75) is 79.0 Å². The molecule has 0 aliphatic heterocycles. The average molecular weight is 473 g/mol. The van der Waals surface area contributed by atoms with Crippen LogP contribution in [-0.2, 0) is 28.7 Å². The molecule has 0 spiro atoms. The van der Waals surface area contributed by atoms with Crippen molar-refractivity contribution in [3.05, 3.63) is 0 Å². The van der Waals surface area contributed by atoms with E-state index in [9.17, 15) is 24.0 Å². The lowest BCUT2D eigenvalue weighted by molar-refractivity contribution is -0.145. The first kappa shape index (κ1) is 30.1. The molecule has 33 heavy (non-hydrogen) atoms. The van der Waals surface area contributed by atoms with Crippen LogP contribution in [0.2, 0.25) is 0 Å². The molecule has 0 aromatic heterocycles. The first-order valence-corrected chi connectivity index (χ1v) is 11.1. The van der Waals surface area contributed by atoms with Gasteiger partial charge >= 0.3 is 12.1 Å². The van der Waals surface area contributed by atoms with Crippen molar-refractivity contribution in [1.29, 1.82) is 0 Å². The molecule has 0 radical (unpaired) electrons. The second-order valence-electron chi connectivity index (χ2n) is 9.60. The number of esters is 1. The number of amides is 4. The average Bonchev–Trinajstić information content (AvgIpc) is 2.66. The van der Waals surface area contributed by atoms with Crippen molar-refractivity contribution in [2.24, 2.45) is 11.8 Å². The van der Waals surface area contributed by atoms with Gasteiger partial charge in [-0.2, -0.15) is 0 Å². The van der Waals surface area contributed by atoms with Gasteiger partial charge in [0.25, 0.3) is 0 Å². The second-order valence-corrected chi connectivity index (χ2v) is 9.60. The van der Waals surface area contributed by atoms with E-state index in [1.807, 2.05) is 27.7 Å². The van der Waals surface area contributed by atoms with Crippen LogP contribution in [0.15, 0.2) is 0 Å². The highest BCUT2D eigenvalue weighted by molar-refractivity contribution is 5.91. The third-order valence-corrected chi connectivity index (χ3v) is 4.11. The number of nitrogens with one attached hydrogen (secondary N) is 4. The zero-order chi connectivity index (χ0) is 25.8. The van der Waals surface area contributed by atoms with E-state index in [4.69, 9.17) is 4.74 Å². The summed E-state index contributed by atoms with van der Waals surface area (Å²) in [5.41, 5.74) is -0.717. The van der Waals surface area contributed by atoms with E-state index in [1.54, 1.807) is 20.8 Å². The number of carbonyl (C=O) groups excluding carboxylic acids is 5. The first-order valence-electron chi connectivity index (χ1n) is 11.1. The minimum atomic E-state index is -0.882. The lowest BCUT2D eigenvalue weighted by Crippen LogP contribution is -2.51. The summed E-state index contributed by atoms with van der Waals surface area (Å²) < 4.78 is 9.87. The van der Waals surface area contributed by atoms with E-state index < -0.39 is 47.5 Å². The molecular weight excluding hydrogens is 432 g/mol.